The fourth-order valence-electron chi connectivity index (χ4n) is 4.40. The highest BCUT2D eigenvalue weighted by Crippen LogP contribution is 2.28. The summed E-state index contributed by atoms with van der Waals surface area (Å²) in [5, 5.41) is 2.81. The van der Waals surface area contributed by atoms with Gasteiger partial charge < -0.3 is 15.0 Å². The van der Waals surface area contributed by atoms with E-state index in [2.05, 4.69) is 5.32 Å². The van der Waals surface area contributed by atoms with Crippen LogP contribution in [0.15, 0.2) is 114 Å². The highest BCUT2D eigenvalue weighted by molar-refractivity contribution is 7.92. The van der Waals surface area contributed by atoms with Crippen LogP contribution in [0.5, 0.6) is 11.5 Å². The molecule has 1 N–H and O–H groups in total. The molecule has 0 heterocycles. The van der Waals surface area contributed by atoms with Gasteiger partial charge in [0.05, 0.1) is 10.6 Å². The first-order chi connectivity index (χ1) is 21.1. The monoisotopic (exact) mass is 617 g/mol. The number of nitrogens with one attached hydrogen (secondary N) is 1. The van der Waals surface area contributed by atoms with Crippen LogP contribution in [-0.4, -0.2) is 44.3 Å². The highest BCUT2D eigenvalue weighted by Gasteiger charge is 2.33. The van der Waals surface area contributed by atoms with E-state index in [4.69, 9.17) is 4.74 Å². The fraction of sp³-hybridized carbons (Fsp3) is 0.235. The van der Waals surface area contributed by atoms with Gasteiger partial charge in [-0.1, -0.05) is 68.4 Å². The maximum absolute atomic E-state index is 14.7. The zero-order valence-electron chi connectivity index (χ0n) is 24.9. The maximum Gasteiger partial charge on any atom is 0.264 e. The predicted octanol–water partition coefficient (Wildman–Crippen LogP) is 6.00. The second-order valence-electron chi connectivity index (χ2n) is 10.7. The number of anilines is 1. The molecule has 44 heavy (non-hydrogen) atoms. The number of carbonyl (C=O) groups excluding carboxylic acids is 2. The van der Waals surface area contributed by atoms with Gasteiger partial charge in [-0.25, -0.2) is 12.8 Å². The quantitative estimate of drug-likeness (QED) is 0.199. The molecule has 0 aliphatic heterocycles. The highest BCUT2D eigenvalue weighted by atomic mass is 32.2. The first kappa shape index (κ1) is 32.2. The Bertz CT molecular complexity index is 1650. The summed E-state index contributed by atoms with van der Waals surface area (Å²) in [4.78, 5) is 28.3. The molecule has 1 unspecified atom stereocenters. The summed E-state index contributed by atoms with van der Waals surface area (Å²) in [6, 6.07) is 28.2. The molecule has 0 aromatic heterocycles. The van der Waals surface area contributed by atoms with Crippen molar-refractivity contribution in [2.24, 2.45) is 5.92 Å². The van der Waals surface area contributed by atoms with Gasteiger partial charge in [-0.15, -0.1) is 0 Å². The third-order valence-electron chi connectivity index (χ3n) is 6.86. The number of nitrogens with zero attached hydrogens (tertiary/aromatic N) is 2. The average Bonchev–Trinajstić information content (AvgIpc) is 3.03. The Labute approximate surface area is 258 Å². The normalized spacial score (nSPS) is 11.9. The summed E-state index contributed by atoms with van der Waals surface area (Å²) in [6.45, 7) is 4.94. The van der Waals surface area contributed by atoms with Crippen LogP contribution in [0, 0.1) is 11.7 Å². The van der Waals surface area contributed by atoms with E-state index in [1.165, 1.54) is 35.2 Å². The Kier molecular flexibility index (Phi) is 10.7. The lowest BCUT2D eigenvalue weighted by Crippen LogP contribution is -2.51. The summed E-state index contributed by atoms with van der Waals surface area (Å²) < 4.78 is 49.4. The van der Waals surface area contributed by atoms with Crippen molar-refractivity contribution in [3.63, 3.8) is 0 Å². The van der Waals surface area contributed by atoms with Crippen LogP contribution < -0.4 is 14.4 Å². The van der Waals surface area contributed by atoms with Gasteiger partial charge in [-0.3, -0.25) is 13.9 Å². The Morgan fingerprint density at radius 2 is 1.36 bits per heavy atom. The molecule has 0 saturated heterocycles. The molecule has 0 aliphatic rings. The molecule has 1 atom stereocenters. The van der Waals surface area contributed by atoms with Gasteiger partial charge in [0.2, 0.25) is 11.8 Å². The smallest absolute Gasteiger partial charge is 0.264 e. The van der Waals surface area contributed by atoms with Crippen molar-refractivity contribution < 1.29 is 27.1 Å². The molecule has 0 radical (unpaired) electrons. The van der Waals surface area contributed by atoms with Gasteiger partial charge in [0.25, 0.3) is 10.0 Å². The number of hydrogen-bond donors (Lipinski definition) is 1. The van der Waals surface area contributed by atoms with Crippen molar-refractivity contribution in [2.75, 3.05) is 17.4 Å². The molecule has 0 aliphatic carbocycles. The lowest BCUT2D eigenvalue weighted by atomic mass is 10.1. The third kappa shape index (κ3) is 8.23. The Balaban J connectivity index is 1.69. The lowest BCUT2D eigenvalue weighted by Gasteiger charge is -2.32. The minimum Gasteiger partial charge on any atom is -0.457 e. The van der Waals surface area contributed by atoms with Crippen LogP contribution in [0.25, 0.3) is 0 Å². The SMILES string of the molecule is CC(C)CNC(=O)C(C)N(Cc1ccccc1F)C(=O)CN(c1ccc(Oc2ccccc2)cc1)S(=O)(=O)c1ccccc1. The van der Waals surface area contributed by atoms with E-state index in [0.29, 0.717) is 18.0 Å². The summed E-state index contributed by atoms with van der Waals surface area (Å²) in [5.41, 5.74) is 0.412. The van der Waals surface area contributed by atoms with Crippen LogP contribution in [-0.2, 0) is 26.2 Å². The maximum atomic E-state index is 14.7. The van der Waals surface area contributed by atoms with E-state index in [1.807, 2.05) is 32.0 Å². The second kappa shape index (κ2) is 14.7. The minimum absolute atomic E-state index is 0.0132. The molecule has 4 aromatic carbocycles. The van der Waals surface area contributed by atoms with Crippen LogP contribution in [0.3, 0.4) is 0 Å². The van der Waals surface area contributed by atoms with E-state index in [0.717, 1.165) is 4.31 Å². The van der Waals surface area contributed by atoms with Gasteiger partial charge in [0.1, 0.15) is 29.9 Å². The number of sulfonamides is 1. The molecule has 0 fully saturated rings. The molecule has 230 valence electrons. The van der Waals surface area contributed by atoms with Crippen LogP contribution in [0.2, 0.25) is 0 Å². The zero-order chi connectivity index (χ0) is 31.7. The largest absolute Gasteiger partial charge is 0.457 e. The Morgan fingerprint density at radius 1 is 0.795 bits per heavy atom. The summed E-state index contributed by atoms with van der Waals surface area (Å²) >= 11 is 0. The van der Waals surface area contributed by atoms with Gasteiger partial charge >= 0.3 is 0 Å². The lowest BCUT2D eigenvalue weighted by molar-refractivity contribution is -0.139. The molecule has 4 aromatic rings. The molecule has 4 rings (SSSR count). The molecule has 0 spiro atoms. The topological polar surface area (TPSA) is 96.0 Å². The van der Waals surface area contributed by atoms with Crippen molar-refractivity contribution >= 4 is 27.5 Å². The molecule has 10 heteroatoms. The third-order valence-corrected chi connectivity index (χ3v) is 8.65. The summed E-state index contributed by atoms with van der Waals surface area (Å²) in [7, 11) is -4.23. The molecule has 8 nitrogen and oxygen atoms in total. The average molecular weight is 618 g/mol. The number of ether oxygens (including phenoxy) is 1. The van der Waals surface area contributed by atoms with Crippen molar-refractivity contribution in [3.8, 4) is 11.5 Å². The first-order valence-electron chi connectivity index (χ1n) is 14.3. The van der Waals surface area contributed by atoms with Crippen molar-refractivity contribution in [1.82, 2.24) is 10.2 Å². The number of hydrogen-bond acceptors (Lipinski definition) is 5. The van der Waals surface area contributed by atoms with Gasteiger partial charge in [-0.05, 0) is 67.4 Å². The van der Waals surface area contributed by atoms with E-state index >= 15 is 0 Å². The number of benzene rings is 4. The number of rotatable bonds is 13. The predicted molar refractivity (Wildman–Crippen MR) is 168 cm³/mol. The van der Waals surface area contributed by atoms with Crippen LogP contribution in [0.1, 0.15) is 26.3 Å². The number of amides is 2. The van der Waals surface area contributed by atoms with Gasteiger partial charge in [0.15, 0.2) is 0 Å². The van der Waals surface area contributed by atoms with E-state index in [-0.39, 0.29) is 28.6 Å². The molecular weight excluding hydrogens is 581 g/mol. The van der Waals surface area contributed by atoms with E-state index < -0.39 is 40.2 Å². The Hall–Kier alpha value is -4.70. The molecular formula is C34H36FN3O5S. The molecule has 2 amide bonds. The first-order valence-corrected chi connectivity index (χ1v) is 15.7. The van der Waals surface area contributed by atoms with E-state index in [1.54, 1.807) is 67.6 Å². The van der Waals surface area contributed by atoms with Crippen LogP contribution in [0.4, 0.5) is 10.1 Å². The van der Waals surface area contributed by atoms with Gasteiger partial charge in [0, 0.05) is 18.7 Å². The summed E-state index contributed by atoms with van der Waals surface area (Å²) in [6.07, 6.45) is 0. The molecule has 0 saturated carbocycles. The standard InChI is InChI=1S/C34H36FN3O5S/c1-25(2)22-36-34(40)26(3)37(23-27-12-10-11-17-32(27)35)33(39)24-38(44(41,42)31-15-8-5-9-16-31)28-18-20-30(21-19-28)43-29-13-6-4-7-14-29/h4-21,25-26H,22-24H2,1-3H3,(H,36,40). The number of carbonyl (C=O) groups is 2. The Morgan fingerprint density at radius 3 is 1.98 bits per heavy atom. The fourth-order valence-corrected chi connectivity index (χ4v) is 5.83. The number of halogens is 1. The van der Waals surface area contributed by atoms with Crippen molar-refractivity contribution in [2.45, 2.75) is 38.3 Å². The van der Waals surface area contributed by atoms with Crippen molar-refractivity contribution in [1.29, 1.82) is 0 Å². The minimum atomic E-state index is -4.23. The molecule has 0 bridgehead atoms. The number of para-hydroxylation sites is 1. The summed E-state index contributed by atoms with van der Waals surface area (Å²) in [5.74, 6) is -0.393. The van der Waals surface area contributed by atoms with Gasteiger partial charge in [-0.2, -0.15) is 0 Å². The van der Waals surface area contributed by atoms with Crippen LogP contribution >= 0.6 is 0 Å². The van der Waals surface area contributed by atoms with E-state index in [9.17, 15) is 22.4 Å². The zero-order valence-corrected chi connectivity index (χ0v) is 25.7. The second-order valence-corrected chi connectivity index (χ2v) is 12.5. The van der Waals surface area contributed by atoms with Crippen molar-refractivity contribution in [3.05, 3.63) is 121 Å².